The van der Waals surface area contributed by atoms with E-state index in [1.54, 1.807) is 4.90 Å². The molecular formula is C12H19NO5S. The van der Waals surface area contributed by atoms with Gasteiger partial charge in [0.2, 0.25) is 0 Å². The predicted molar refractivity (Wildman–Crippen MR) is 71.8 cm³/mol. The SMILES string of the molecule is COC(=O)O[C@H]1CN(C(=S)C(C)(C)C)[C@@H]1C(=O)OC. The number of esters is 1. The molecule has 7 heteroatoms. The van der Waals surface area contributed by atoms with Crippen molar-refractivity contribution in [3.63, 3.8) is 0 Å². The number of likely N-dealkylation sites (tertiary alicyclic amines) is 1. The minimum Gasteiger partial charge on any atom is -0.467 e. The third kappa shape index (κ3) is 3.34. The quantitative estimate of drug-likeness (QED) is 0.562. The maximum Gasteiger partial charge on any atom is 0.508 e. The molecule has 0 N–H and O–H groups in total. The Morgan fingerprint density at radius 3 is 2.21 bits per heavy atom. The highest BCUT2D eigenvalue weighted by Crippen LogP contribution is 2.30. The van der Waals surface area contributed by atoms with Crippen molar-refractivity contribution in [2.24, 2.45) is 5.41 Å². The zero-order chi connectivity index (χ0) is 14.8. The Hall–Kier alpha value is -1.37. The molecule has 2 atom stereocenters. The predicted octanol–water partition coefficient (Wildman–Crippen LogP) is 1.37. The van der Waals surface area contributed by atoms with Crippen molar-refractivity contribution in [1.29, 1.82) is 0 Å². The van der Waals surface area contributed by atoms with Gasteiger partial charge in [-0.25, -0.2) is 9.59 Å². The fourth-order valence-electron chi connectivity index (χ4n) is 1.78. The van der Waals surface area contributed by atoms with Gasteiger partial charge in [-0.05, 0) is 0 Å². The highest BCUT2D eigenvalue weighted by Gasteiger charge is 2.50. The zero-order valence-electron chi connectivity index (χ0n) is 11.8. The number of carbonyl (C=O) groups is 2. The van der Waals surface area contributed by atoms with Gasteiger partial charge in [0.05, 0.1) is 25.8 Å². The van der Waals surface area contributed by atoms with E-state index in [1.807, 2.05) is 20.8 Å². The number of thiocarbonyl (C=S) groups is 1. The molecule has 1 aliphatic rings. The Bertz CT molecular complexity index is 390. The molecule has 1 fully saturated rings. The number of ether oxygens (including phenoxy) is 3. The van der Waals surface area contributed by atoms with Gasteiger partial charge in [-0.1, -0.05) is 33.0 Å². The smallest absolute Gasteiger partial charge is 0.467 e. The van der Waals surface area contributed by atoms with Crippen molar-refractivity contribution in [2.45, 2.75) is 32.9 Å². The van der Waals surface area contributed by atoms with Gasteiger partial charge in [0, 0.05) is 5.41 Å². The summed E-state index contributed by atoms with van der Waals surface area (Å²) < 4.78 is 14.1. The standard InChI is InChI=1S/C12H19NO5S/c1-12(2,3)10(19)13-6-7(18-11(15)17-5)8(13)9(14)16-4/h7-8H,6H2,1-5H3/t7-,8-/m0/s1. The molecule has 6 nitrogen and oxygen atoms in total. The normalized spacial score (nSPS) is 22.3. The first kappa shape index (κ1) is 15.7. The molecule has 0 radical (unpaired) electrons. The van der Waals surface area contributed by atoms with Crippen molar-refractivity contribution in [2.75, 3.05) is 20.8 Å². The van der Waals surface area contributed by atoms with Crippen LogP contribution in [0.4, 0.5) is 4.79 Å². The number of hydrogen-bond acceptors (Lipinski definition) is 6. The number of rotatable bonds is 2. The largest absolute Gasteiger partial charge is 0.508 e. The maximum atomic E-state index is 11.8. The molecule has 0 spiro atoms. The van der Waals surface area contributed by atoms with Crippen molar-refractivity contribution < 1.29 is 23.8 Å². The highest BCUT2D eigenvalue weighted by atomic mass is 32.1. The van der Waals surface area contributed by atoms with Crippen molar-refractivity contribution in [3.8, 4) is 0 Å². The Balaban J connectivity index is 2.79. The van der Waals surface area contributed by atoms with Crippen LogP contribution >= 0.6 is 12.2 Å². The summed E-state index contributed by atoms with van der Waals surface area (Å²) in [6.07, 6.45) is -1.42. The molecule has 0 bridgehead atoms. The number of nitrogens with zero attached hydrogens (tertiary/aromatic N) is 1. The topological polar surface area (TPSA) is 65.1 Å². The first-order valence-corrected chi connectivity index (χ1v) is 6.26. The van der Waals surface area contributed by atoms with Gasteiger partial charge in [-0.15, -0.1) is 0 Å². The minimum atomic E-state index is -0.819. The molecule has 108 valence electrons. The van der Waals surface area contributed by atoms with Gasteiger partial charge in [0.25, 0.3) is 0 Å². The fraction of sp³-hybridized carbons (Fsp3) is 0.750. The average Bonchev–Trinajstić information content (AvgIpc) is 2.31. The second-order valence-corrected chi connectivity index (χ2v) is 5.67. The van der Waals surface area contributed by atoms with E-state index in [-0.39, 0.29) is 5.41 Å². The van der Waals surface area contributed by atoms with Crippen molar-refractivity contribution in [1.82, 2.24) is 4.90 Å². The molecule has 1 heterocycles. The van der Waals surface area contributed by atoms with E-state index >= 15 is 0 Å². The first-order valence-electron chi connectivity index (χ1n) is 5.86. The van der Waals surface area contributed by atoms with Crippen LogP contribution in [0.25, 0.3) is 0 Å². The molecule has 0 aliphatic carbocycles. The Morgan fingerprint density at radius 1 is 1.21 bits per heavy atom. The molecule has 1 rings (SSSR count). The number of methoxy groups -OCH3 is 2. The summed E-state index contributed by atoms with van der Waals surface area (Å²) in [6.45, 7) is 6.24. The lowest BCUT2D eigenvalue weighted by Crippen LogP contribution is -2.68. The summed E-state index contributed by atoms with van der Waals surface area (Å²) in [5.41, 5.74) is -0.252. The molecular weight excluding hydrogens is 270 g/mol. The molecule has 0 aromatic rings. The monoisotopic (exact) mass is 289 g/mol. The van der Waals surface area contributed by atoms with Gasteiger partial charge in [0.15, 0.2) is 12.1 Å². The van der Waals surface area contributed by atoms with E-state index in [9.17, 15) is 9.59 Å². The van der Waals surface area contributed by atoms with Crippen LogP contribution in [0.2, 0.25) is 0 Å². The van der Waals surface area contributed by atoms with E-state index in [2.05, 4.69) is 4.74 Å². The highest BCUT2D eigenvalue weighted by molar-refractivity contribution is 7.80. The number of carbonyl (C=O) groups excluding carboxylic acids is 2. The second-order valence-electron chi connectivity index (χ2n) is 5.29. The third-order valence-electron chi connectivity index (χ3n) is 2.82. The molecule has 0 unspecified atom stereocenters. The summed E-state index contributed by atoms with van der Waals surface area (Å²) in [5.74, 6) is -0.480. The molecule has 1 aliphatic heterocycles. The van der Waals surface area contributed by atoms with E-state index in [0.29, 0.717) is 11.5 Å². The van der Waals surface area contributed by atoms with E-state index < -0.39 is 24.3 Å². The molecule has 0 aromatic carbocycles. The fourth-order valence-corrected chi connectivity index (χ4v) is 1.97. The van der Waals surface area contributed by atoms with Crippen LogP contribution in [0.1, 0.15) is 20.8 Å². The lowest BCUT2D eigenvalue weighted by Gasteiger charge is -2.48. The van der Waals surface area contributed by atoms with Crippen LogP contribution in [0.5, 0.6) is 0 Å². The Kier molecular flexibility index (Phi) is 4.73. The molecule has 0 aromatic heterocycles. The van der Waals surface area contributed by atoms with Crippen LogP contribution in [-0.4, -0.2) is 54.9 Å². The van der Waals surface area contributed by atoms with Gasteiger partial charge in [-0.3, -0.25) is 0 Å². The second kappa shape index (κ2) is 5.73. The molecule has 0 amide bonds. The van der Waals surface area contributed by atoms with Crippen LogP contribution < -0.4 is 0 Å². The van der Waals surface area contributed by atoms with Crippen LogP contribution in [0.3, 0.4) is 0 Å². The lowest BCUT2D eigenvalue weighted by atomic mass is 9.90. The Labute approximate surface area is 118 Å². The summed E-state index contributed by atoms with van der Waals surface area (Å²) in [6, 6.07) is -0.698. The van der Waals surface area contributed by atoms with E-state index in [1.165, 1.54) is 14.2 Å². The van der Waals surface area contributed by atoms with Gasteiger partial charge in [0.1, 0.15) is 0 Å². The molecule has 19 heavy (non-hydrogen) atoms. The lowest BCUT2D eigenvalue weighted by molar-refractivity contribution is -0.159. The van der Waals surface area contributed by atoms with Crippen LogP contribution in [0.15, 0.2) is 0 Å². The van der Waals surface area contributed by atoms with E-state index in [4.69, 9.17) is 21.7 Å². The zero-order valence-corrected chi connectivity index (χ0v) is 12.6. The molecule has 0 saturated carbocycles. The van der Waals surface area contributed by atoms with Crippen molar-refractivity contribution >= 4 is 29.3 Å². The maximum absolute atomic E-state index is 11.8. The third-order valence-corrected chi connectivity index (χ3v) is 3.67. The minimum absolute atomic E-state index is 0.252. The summed E-state index contributed by atoms with van der Waals surface area (Å²) in [4.78, 5) is 25.2. The number of hydrogen-bond donors (Lipinski definition) is 0. The van der Waals surface area contributed by atoms with Gasteiger partial charge >= 0.3 is 12.1 Å². The van der Waals surface area contributed by atoms with Crippen LogP contribution in [-0.2, 0) is 19.0 Å². The van der Waals surface area contributed by atoms with Gasteiger partial charge in [-0.2, -0.15) is 0 Å². The first-order chi connectivity index (χ1) is 8.72. The summed E-state index contributed by atoms with van der Waals surface area (Å²) in [5, 5.41) is 0. The van der Waals surface area contributed by atoms with Gasteiger partial charge < -0.3 is 19.1 Å². The average molecular weight is 289 g/mol. The van der Waals surface area contributed by atoms with Crippen LogP contribution in [0, 0.1) is 5.41 Å². The van der Waals surface area contributed by atoms with Crippen molar-refractivity contribution in [3.05, 3.63) is 0 Å². The summed E-state index contributed by atoms with van der Waals surface area (Å²) >= 11 is 5.35. The summed E-state index contributed by atoms with van der Waals surface area (Å²) in [7, 11) is 2.50. The van der Waals surface area contributed by atoms with E-state index in [0.717, 1.165) is 0 Å². The Morgan fingerprint density at radius 2 is 1.79 bits per heavy atom. The molecule has 1 saturated heterocycles.